The third-order valence-corrected chi connectivity index (χ3v) is 6.12. The molecule has 1 aromatic carbocycles. The van der Waals surface area contributed by atoms with Crippen LogP contribution >= 0.6 is 11.8 Å². The number of amides is 1. The van der Waals surface area contributed by atoms with E-state index >= 15 is 0 Å². The summed E-state index contributed by atoms with van der Waals surface area (Å²) in [4.78, 5) is 19.2. The standard InChI is InChI=1S/C21H29N3O2S/c1-4-24-11-7-9-17(24)12-22-20(25)14-27-13-19-16(3)26-21(23-19)18-10-6-5-8-15(18)2/h5-6,8,10,17H,4,7,9,11-14H2,1-3H3,(H,22,25)/t17-/m0/s1. The van der Waals surface area contributed by atoms with Gasteiger partial charge in [-0.3, -0.25) is 9.69 Å². The van der Waals surface area contributed by atoms with E-state index in [4.69, 9.17) is 4.42 Å². The summed E-state index contributed by atoms with van der Waals surface area (Å²) in [7, 11) is 0. The third-order valence-electron chi connectivity index (χ3n) is 5.18. The second kappa shape index (κ2) is 9.42. The lowest BCUT2D eigenvalue weighted by molar-refractivity contribution is -0.118. The van der Waals surface area contributed by atoms with Gasteiger partial charge >= 0.3 is 0 Å². The van der Waals surface area contributed by atoms with Gasteiger partial charge in [-0.2, -0.15) is 0 Å². The first kappa shape index (κ1) is 20.0. The van der Waals surface area contributed by atoms with Crippen molar-refractivity contribution < 1.29 is 9.21 Å². The van der Waals surface area contributed by atoms with E-state index in [0.29, 0.717) is 23.4 Å². The quantitative estimate of drug-likeness (QED) is 0.747. The van der Waals surface area contributed by atoms with Crippen LogP contribution in [0.15, 0.2) is 28.7 Å². The van der Waals surface area contributed by atoms with Crippen molar-refractivity contribution in [2.45, 2.75) is 45.4 Å². The third kappa shape index (κ3) is 5.14. The maximum Gasteiger partial charge on any atom is 0.230 e. The smallest absolute Gasteiger partial charge is 0.230 e. The van der Waals surface area contributed by atoms with E-state index in [-0.39, 0.29) is 5.91 Å². The molecule has 0 saturated carbocycles. The van der Waals surface area contributed by atoms with E-state index < -0.39 is 0 Å². The van der Waals surface area contributed by atoms with Gasteiger partial charge in [-0.15, -0.1) is 11.8 Å². The molecular formula is C21H29N3O2S. The predicted molar refractivity (Wildman–Crippen MR) is 111 cm³/mol. The minimum absolute atomic E-state index is 0.100. The number of thioether (sulfide) groups is 1. The van der Waals surface area contributed by atoms with Crippen molar-refractivity contribution in [2.24, 2.45) is 0 Å². The number of oxazole rings is 1. The number of benzene rings is 1. The zero-order valence-corrected chi connectivity index (χ0v) is 17.3. The van der Waals surface area contributed by atoms with Crippen LogP contribution in [-0.2, 0) is 10.5 Å². The number of rotatable bonds is 8. The number of nitrogens with one attached hydrogen (secondary N) is 1. The number of likely N-dealkylation sites (N-methyl/N-ethyl adjacent to an activating group) is 1. The van der Waals surface area contributed by atoms with Crippen LogP contribution in [-0.4, -0.2) is 47.2 Å². The molecular weight excluding hydrogens is 358 g/mol. The average molecular weight is 388 g/mol. The van der Waals surface area contributed by atoms with Crippen LogP contribution in [0.5, 0.6) is 0 Å². The van der Waals surface area contributed by atoms with Crippen molar-refractivity contribution >= 4 is 17.7 Å². The van der Waals surface area contributed by atoms with Crippen LogP contribution in [0.25, 0.3) is 11.5 Å². The number of likely N-dealkylation sites (tertiary alicyclic amines) is 1. The van der Waals surface area contributed by atoms with Gasteiger partial charge in [0.05, 0.1) is 11.4 Å². The Morgan fingerprint density at radius 3 is 2.96 bits per heavy atom. The van der Waals surface area contributed by atoms with Gasteiger partial charge in [-0.25, -0.2) is 4.98 Å². The van der Waals surface area contributed by atoms with Gasteiger partial charge in [-0.05, 0) is 51.4 Å². The SMILES string of the molecule is CCN1CCC[C@H]1CNC(=O)CSCc1nc(-c2ccccc2C)oc1C. The van der Waals surface area contributed by atoms with Crippen LogP contribution in [0, 0.1) is 13.8 Å². The molecule has 1 N–H and O–H groups in total. The van der Waals surface area contributed by atoms with Crippen molar-refractivity contribution in [1.82, 2.24) is 15.2 Å². The lowest BCUT2D eigenvalue weighted by atomic mass is 10.1. The fourth-order valence-electron chi connectivity index (χ4n) is 3.56. The van der Waals surface area contributed by atoms with E-state index in [9.17, 15) is 4.79 Å². The zero-order valence-electron chi connectivity index (χ0n) is 16.5. The van der Waals surface area contributed by atoms with Crippen LogP contribution in [0.4, 0.5) is 0 Å². The van der Waals surface area contributed by atoms with Crippen molar-refractivity contribution in [1.29, 1.82) is 0 Å². The van der Waals surface area contributed by atoms with Crippen LogP contribution in [0.3, 0.4) is 0 Å². The van der Waals surface area contributed by atoms with Crippen molar-refractivity contribution in [3.63, 3.8) is 0 Å². The molecule has 1 amide bonds. The first-order valence-corrected chi connectivity index (χ1v) is 10.8. The topological polar surface area (TPSA) is 58.4 Å². The lowest BCUT2D eigenvalue weighted by Gasteiger charge is -2.22. The van der Waals surface area contributed by atoms with Gasteiger partial charge in [0.2, 0.25) is 11.8 Å². The Hall–Kier alpha value is -1.79. The fraction of sp³-hybridized carbons (Fsp3) is 0.524. The van der Waals surface area contributed by atoms with Gasteiger partial charge in [0, 0.05) is 23.9 Å². The number of aromatic nitrogens is 1. The highest BCUT2D eigenvalue weighted by molar-refractivity contribution is 7.99. The predicted octanol–water partition coefficient (Wildman–Crippen LogP) is 3.79. The molecule has 0 bridgehead atoms. The molecule has 27 heavy (non-hydrogen) atoms. The minimum Gasteiger partial charge on any atom is -0.441 e. The molecule has 1 aliphatic rings. The largest absolute Gasteiger partial charge is 0.441 e. The average Bonchev–Trinajstić information content (AvgIpc) is 3.26. The van der Waals surface area contributed by atoms with Gasteiger partial charge < -0.3 is 9.73 Å². The highest BCUT2D eigenvalue weighted by atomic mass is 32.2. The molecule has 1 atom stereocenters. The molecule has 146 valence electrons. The summed E-state index contributed by atoms with van der Waals surface area (Å²) in [5, 5.41) is 3.08. The highest BCUT2D eigenvalue weighted by Crippen LogP contribution is 2.26. The molecule has 1 aromatic heterocycles. The number of hydrogen-bond donors (Lipinski definition) is 1. The molecule has 5 nitrogen and oxygen atoms in total. The molecule has 1 saturated heterocycles. The van der Waals surface area contributed by atoms with E-state index in [2.05, 4.69) is 35.1 Å². The summed E-state index contributed by atoms with van der Waals surface area (Å²) in [6.45, 7) is 9.14. The number of nitrogens with zero attached hydrogens (tertiary/aromatic N) is 2. The molecule has 6 heteroatoms. The molecule has 3 rings (SSSR count). The summed E-state index contributed by atoms with van der Waals surface area (Å²) in [6.07, 6.45) is 2.42. The van der Waals surface area contributed by atoms with Crippen LogP contribution < -0.4 is 5.32 Å². The Balaban J connectivity index is 1.46. The van der Waals surface area contributed by atoms with Crippen LogP contribution in [0.2, 0.25) is 0 Å². The zero-order chi connectivity index (χ0) is 19.2. The van der Waals surface area contributed by atoms with E-state index in [0.717, 1.165) is 42.2 Å². The Bertz CT molecular complexity index is 775. The van der Waals surface area contributed by atoms with Gasteiger partial charge in [-0.1, -0.05) is 25.1 Å². The molecule has 0 radical (unpaired) electrons. The van der Waals surface area contributed by atoms with Crippen molar-refractivity contribution in [3.05, 3.63) is 41.3 Å². The fourth-order valence-corrected chi connectivity index (χ4v) is 4.41. The van der Waals surface area contributed by atoms with E-state index in [1.807, 2.05) is 25.1 Å². The summed E-state index contributed by atoms with van der Waals surface area (Å²) < 4.78 is 5.85. The van der Waals surface area contributed by atoms with Crippen molar-refractivity contribution in [3.8, 4) is 11.5 Å². The second-order valence-electron chi connectivity index (χ2n) is 7.06. The van der Waals surface area contributed by atoms with Crippen LogP contribution in [0.1, 0.15) is 36.8 Å². The number of hydrogen-bond acceptors (Lipinski definition) is 5. The molecule has 2 aromatic rings. The lowest BCUT2D eigenvalue weighted by Crippen LogP contribution is -2.40. The summed E-state index contributed by atoms with van der Waals surface area (Å²) in [5.74, 6) is 2.71. The number of aryl methyl sites for hydroxylation is 2. The number of carbonyl (C=O) groups is 1. The maximum atomic E-state index is 12.1. The first-order valence-electron chi connectivity index (χ1n) is 9.69. The monoisotopic (exact) mass is 387 g/mol. The first-order chi connectivity index (χ1) is 13.1. The Kier molecular flexibility index (Phi) is 6.96. The number of carbonyl (C=O) groups excluding carboxylic acids is 1. The van der Waals surface area contributed by atoms with Crippen molar-refractivity contribution in [2.75, 3.05) is 25.4 Å². The summed E-state index contributed by atoms with van der Waals surface area (Å²) in [6, 6.07) is 8.57. The van der Waals surface area contributed by atoms with Gasteiger partial charge in [0.25, 0.3) is 0 Å². The van der Waals surface area contributed by atoms with Gasteiger partial charge in [0.1, 0.15) is 5.76 Å². The maximum absolute atomic E-state index is 12.1. The normalized spacial score (nSPS) is 17.4. The Morgan fingerprint density at radius 1 is 1.37 bits per heavy atom. The Morgan fingerprint density at radius 2 is 2.19 bits per heavy atom. The Labute approximate surface area is 165 Å². The van der Waals surface area contributed by atoms with E-state index in [1.165, 1.54) is 12.8 Å². The second-order valence-corrected chi connectivity index (χ2v) is 8.04. The highest BCUT2D eigenvalue weighted by Gasteiger charge is 2.23. The molecule has 0 spiro atoms. The van der Waals surface area contributed by atoms with Gasteiger partial charge in [0.15, 0.2) is 0 Å². The summed E-state index contributed by atoms with van der Waals surface area (Å²) in [5.41, 5.74) is 3.08. The molecule has 1 aliphatic heterocycles. The van der Waals surface area contributed by atoms with E-state index in [1.54, 1.807) is 11.8 Å². The summed E-state index contributed by atoms with van der Waals surface area (Å²) >= 11 is 1.58. The molecule has 2 heterocycles. The minimum atomic E-state index is 0.100. The molecule has 1 fully saturated rings. The molecule has 0 aliphatic carbocycles. The molecule has 0 unspecified atom stereocenters.